The third kappa shape index (κ3) is 5.72. The molecule has 4 heteroatoms. The van der Waals surface area contributed by atoms with E-state index in [0.29, 0.717) is 17.8 Å². The van der Waals surface area contributed by atoms with Gasteiger partial charge in [-0.3, -0.25) is 4.84 Å². The molecule has 3 atom stereocenters. The Balaban J connectivity index is 2.38. The van der Waals surface area contributed by atoms with Gasteiger partial charge in [-0.15, -0.1) is 0 Å². The first-order valence-corrected chi connectivity index (χ1v) is 7.13. The van der Waals surface area contributed by atoms with Crippen LogP contribution in [0.5, 0.6) is 0 Å². The zero-order valence-electron chi connectivity index (χ0n) is 12.6. The molecule has 2 radical (unpaired) electrons. The molecule has 104 valence electrons. The lowest BCUT2D eigenvalue weighted by atomic mass is 9.88. The summed E-state index contributed by atoms with van der Waals surface area (Å²) >= 11 is 0. The first-order valence-electron chi connectivity index (χ1n) is 7.13. The van der Waals surface area contributed by atoms with E-state index in [0.717, 1.165) is 26.0 Å². The van der Waals surface area contributed by atoms with Gasteiger partial charge in [-0.05, 0) is 24.7 Å². The molecule has 0 aliphatic carbocycles. The molecule has 1 aliphatic heterocycles. The maximum Gasteiger partial charge on any atom is 0.109 e. The van der Waals surface area contributed by atoms with Crippen molar-refractivity contribution in [3.05, 3.63) is 0 Å². The van der Waals surface area contributed by atoms with Crippen LogP contribution in [0.4, 0.5) is 0 Å². The predicted octanol–water partition coefficient (Wildman–Crippen LogP) is 2.45. The molecule has 0 bridgehead atoms. The fraction of sp³-hybridized carbons (Fsp3) is 1.00. The Morgan fingerprint density at radius 3 is 2.50 bits per heavy atom. The minimum absolute atomic E-state index is 0.0998. The fourth-order valence-electron chi connectivity index (χ4n) is 2.41. The van der Waals surface area contributed by atoms with Crippen molar-refractivity contribution in [3.63, 3.8) is 0 Å². The molecular formula is C14H28BNO2. The lowest BCUT2D eigenvalue weighted by Crippen LogP contribution is -2.32. The Bertz CT molecular complexity index is 236. The van der Waals surface area contributed by atoms with E-state index in [1.165, 1.54) is 0 Å². The topological polar surface area (TPSA) is 21.7 Å². The van der Waals surface area contributed by atoms with Crippen LogP contribution < -0.4 is 0 Å². The maximum atomic E-state index is 5.91. The standard InChI is InChI=1S/C14H28BNO2/c1-10(2)6-13-12(7-14(15)18-13)8-16(5)17-9-11(3)4/h10-14H,6-9H2,1-5H3/t12?,13-,14-/m1/s1. The second-order valence-electron chi connectivity index (χ2n) is 6.34. The van der Waals surface area contributed by atoms with Crippen LogP contribution in [0.15, 0.2) is 0 Å². The van der Waals surface area contributed by atoms with E-state index in [1.807, 2.05) is 12.1 Å². The third-order valence-electron chi connectivity index (χ3n) is 3.23. The number of rotatable bonds is 7. The molecule has 0 amide bonds. The Labute approximate surface area is 114 Å². The summed E-state index contributed by atoms with van der Waals surface area (Å²) in [5.74, 6) is 1.69. The quantitative estimate of drug-likeness (QED) is 0.514. The van der Waals surface area contributed by atoms with Gasteiger partial charge in [0.15, 0.2) is 0 Å². The molecular weight excluding hydrogens is 225 g/mol. The van der Waals surface area contributed by atoms with Gasteiger partial charge in [0.25, 0.3) is 0 Å². The van der Waals surface area contributed by atoms with E-state index < -0.39 is 0 Å². The predicted molar refractivity (Wildman–Crippen MR) is 75.4 cm³/mol. The minimum Gasteiger partial charge on any atom is -0.384 e. The van der Waals surface area contributed by atoms with Crippen LogP contribution in [0, 0.1) is 17.8 Å². The van der Waals surface area contributed by atoms with E-state index in [-0.39, 0.29) is 12.1 Å². The number of ether oxygens (including phenoxy) is 1. The molecule has 0 aromatic heterocycles. The highest BCUT2D eigenvalue weighted by molar-refractivity contribution is 6.11. The smallest absolute Gasteiger partial charge is 0.109 e. The Morgan fingerprint density at radius 2 is 1.94 bits per heavy atom. The lowest BCUT2D eigenvalue weighted by molar-refractivity contribution is -0.158. The number of hydrogen-bond acceptors (Lipinski definition) is 3. The van der Waals surface area contributed by atoms with Crippen molar-refractivity contribution in [2.45, 2.75) is 52.6 Å². The van der Waals surface area contributed by atoms with Crippen molar-refractivity contribution in [3.8, 4) is 0 Å². The van der Waals surface area contributed by atoms with Crippen LogP contribution in [0.2, 0.25) is 0 Å². The summed E-state index contributed by atoms with van der Waals surface area (Å²) in [5.41, 5.74) is 0. The molecule has 1 aliphatic rings. The third-order valence-corrected chi connectivity index (χ3v) is 3.23. The van der Waals surface area contributed by atoms with Gasteiger partial charge in [-0.25, -0.2) is 0 Å². The van der Waals surface area contributed by atoms with E-state index in [4.69, 9.17) is 17.4 Å². The zero-order chi connectivity index (χ0) is 13.7. The molecule has 0 aromatic rings. The zero-order valence-corrected chi connectivity index (χ0v) is 12.6. The van der Waals surface area contributed by atoms with Gasteiger partial charge in [0.1, 0.15) is 7.85 Å². The maximum absolute atomic E-state index is 5.91. The van der Waals surface area contributed by atoms with Crippen LogP contribution in [-0.2, 0) is 9.57 Å². The second-order valence-corrected chi connectivity index (χ2v) is 6.34. The summed E-state index contributed by atoms with van der Waals surface area (Å²) in [4.78, 5) is 5.69. The Morgan fingerprint density at radius 1 is 1.28 bits per heavy atom. The first kappa shape index (κ1) is 16.0. The summed E-state index contributed by atoms with van der Waals surface area (Å²) in [6, 6.07) is -0.0998. The van der Waals surface area contributed by atoms with Gasteiger partial charge in [0.05, 0.1) is 12.7 Å². The highest BCUT2D eigenvalue weighted by Gasteiger charge is 2.33. The summed E-state index contributed by atoms with van der Waals surface area (Å²) in [6.45, 7) is 10.4. The summed E-state index contributed by atoms with van der Waals surface area (Å²) in [5, 5.41) is 1.94. The first-order chi connectivity index (χ1) is 8.38. The molecule has 1 unspecified atom stereocenters. The van der Waals surface area contributed by atoms with Gasteiger partial charge in [0.2, 0.25) is 0 Å². The van der Waals surface area contributed by atoms with Crippen LogP contribution in [0.3, 0.4) is 0 Å². The van der Waals surface area contributed by atoms with Gasteiger partial charge < -0.3 is 4.74 Å². The van der Waals surface area contributed by atoms with Crippen molar-refractivity contribution in [1.82, 2.24) is 5.06 Å². The molecule has 1 fully saturated rings. The van der Waals surface area contributed by atoms with E-state index in [9.17, 15) is 0 Å². The average molecular weight is 253 g/mol. The lowest BCUT2D eigenvalue weighted by Gasteiger charge is -2.25. The average Bonchev–Trinajstić information content (AvgIpc) is 2.55. The molecule has 18 heavy (non-hydrogen) atoms. The molecule has 0 spiro atoms. The van der Waals surface area contributed by atoms with Crippen LogP contribution in [0.25, 0.3) is 0 Å². The van der Waals surface area contributed by atoms with Gasteiger partial charge in [-0.2, -0.15) is 5.06 Å². The highest BCUT2D eigenvalue weighted by Crippen LogP contribution is 2.30. The van der Waals surface area contributed by atoms with Crippen molar-refractivity contribution >= 4 is 7.85 Å². The van der Waals surface area contributed by atoms with E-state index in [2.05, 4.69) is 27.7 Å². The van der Waals surface area contributed by atoms with E-state index in [1.54, 1.807) is 0 Å². The van der Waals surface area contributed by atoms with Gasteiger partial charge in [0, 0.05) is 25.5 Å². The SMILES string of the molecule is [B][C@H]1CC(CN(C)OCC(C)C)[C@@H](CC(C)C)O1. The number of hydrogen-bond donors (Lipinski definition) is 0. The van der Waals surface area contributed by atoms with Crippen molar-refractivity contribution in [2.75, 3.05) is 20.2 Å². The van der Waals surface area contributed by atoms with Gasteiger partial charge in [-0.1, -0.05) is 27.7 Å². The molecule has 1 saturated heterocycles. The molecule has 0 N–H and O–H groups in total. The van der Waals surface area contributed by atoms with Crippen molar-refractivity contribution in [1.29, 1.82) is 0 Å². The van der Waals surface area contributed by atoms with Crippen molar-refractivity contribution in [2.24, 2.45) is 17.8 Å². The monoisotopic (exact) mass is 253 g/mol. The highest BCUT2D eigenvalue weighted by atomic mass is 16.7. The normalized spacial score (nSPS) is 28.8. The molecule has 0 aromatic carbocycles. The summed E-state index contributed by atoms with van der Waals surface area (Å²) in [6.07, 6.45) is 2.30. The molecule has 3 nitrogen and oxygen atoms in total. The van der Waals surface area contributed by atoms with Gasteiger partial charge >= 0.3 is 0 Å². The molecule has 1 heterocycles. The fourth-order valence-corrected chi connectivity index (χ4v) is 2.41. The molecule has 1 rings (SSSR count). The number of hydroxylamine groups is 2. The van der Waals surface area contributed by atoms with Crippen molar-refractivity contribution < 1.29 is 9.57 Å². The Hall–Kier alpha value is -0.0551. The van der Waals surface area contributed by atoms with Crippen LogP contribution in [0.1, 0.15) is 40.5 Å². The summed E-state index contributed by atoms with van der Waals surface area (Å²) < 4.78 is 5.81. The summed E-state index contributed by atoms with van der Waals surface area (Å²) in [7, 11) is 7.91. The number of nitrogens with zero attached hydrogens (tertiary/aromatic N) is 1. The van der Waals surface area contributed by atoms with E-state index >= 15 is 0 Å². The van der Waals surface area contributed by atoms with Crippen LogP contribution >= 0.6 is 0 Å². The Kier molecular flexibility index (Phi) is 6.68. The molecule has 0 saturated carbocycles. The largest absolute Gasteiger partial charge is 0.384 e. The minimum atomic E-state index is -0.0998. The second kappa shape index (κ2) is 7.51. The van der Waals surface area contributed by atoms with Crippen LogP contribution in [-0.4, -0.2) is 45.2 Å².